The van der Waals surface area contributed by atoms with E-state index in [1.807, 2.05) is 30.3 Å². The van der Waals surface area contributed by atoms with Crippen LogP contribution in [0.25, 0.3) is 0 Å². The van der Waals surface area contributed by atoms with Crippen LogP contribution in [0.15, 0.2) is 30.3 Å². The second kappa shape index (κ2) is 4.86. The average molecular weight is 235 g/mol. The molecule has 1 N–H and O–H groups in total. The lowest BCUT2D eigenvalue weighted by molar-refractivity contribution is -0.138. The predicted molar refractivity (Wildman–Crippen MR) is 59.5 cm³/mol. The fourth-order valence-electron chi connectivity index (χ4n) is 1.94. The van der Waals surface area contributed by atoms with Crippen molar-refractivity contribution in [2.24, 2.45) is 0 Å². The molecule has 1 aliphatic heterocycles. The normalized spacial score (nSPS) is 16.7. The maximum Gasteiger partial charge on any atom is 0.410 e. The van der Waals surface area contributed by atoms with E-state index in [9.17, 15) is 9.59 Å². The van der Waals surface area contributed by atoms with Crippen LogP contribution < -0.4 is 0 Å². The summed E-state index contributed by atoms with van der Waals surface area (Å²) in [7, 11) is 0. The van der Waals surface area contributed by atoms with E-state index >= 15 is 0 Å². The fraction of sp³-hybridized carbons (Fsp3) is 0.333. The van der Waals surface area contributed by atoms with Crippen molar-refractivity contribution in [3.05, 3.63) is 35.9 Å². The first-order valence-corrected chi connectivity index (χ1v) is 5.38. The summed E-state index contributed by atoms with van der Waals surface area (Å²) in [5.74, 6) is -0.932. The summed E-state index contributed by atoms with van der Waals surface area (Å²) in [6.07, 6.45) is -0.556. The molecule has 1 saturated heterocycles. The fourth-order valence-corrected chi connectivity index (χ4v) is 1.94. The first-order valence-electron chi connectivity index (χ1n) is 5.38. The lowest BCUT2D eigenvalue weighted by Gasteiger charge is -2.24. The molecule has 90 valence electrons. The number of carbonyl (C=O) groups excluding carboxylic acids is 1. The molecule has 1 unspecified atom stereocenters. The van der Waals surface area contributed by atoms with Crippen molar-refractivity contribution in [1.29, 1.82) is 0 Å². The zero-order valence-electron chi connectivity index (χ0n) is 9.20. The van der Waals surface area contributed by atoms with Crippen molar-refractivity contribution < 1.29 is 19.4 Å². The number of aliphatic carboxylic acids is 1. The maximum absolute atomic E-state index is 11.5. The summed E-state index contributed by atoms with van der Waals surface area (Å²) in [6.45, 7) is 0.757. The van der Waals surface area contributed by atoms with Gasteiger partial charge in [-0.3, -0.25) is 9.69 Å². The monoisotopic (exact) mass is 235 g/mol. The average Bonchev–Trinajstić information content (AvgIpc) is 2.73. The number of hydrogen-bond donors (Lipinski definition) is 1. The molecule has 5 nitrogen and oxygen atoms in total. The SMILES string of the molecule is O=C(O)CC(c1ccccc1)N1CCOC1=O. The molecule has 1 aromatic carbocycles. The van der Waals surface area contributed by atoms with Crippen LogP contribution in [0.2, 0.25) is 0 Å². The van der Waals surface area contributed by atoms with Crippen LogP contribution in [-0.4, -0.2) is 35.2 Å². The summed E-state index contributed by atoms with van der Waals surface area (Å²) < 4.78 is 4.84. The second-order valence-electron chi connectivity index (χ2n) is 3.83. The van der Waals surface area contributed by atoms with Crippen molar-refractivity contribution in [2.75, 3.05) is 13.2 Å². The summed E-state index contributed by atoms with van der Waals surface area (Å²) in [4.78, 5) is 23.8. The topological polar surface area (TPSA) is 66.8 Å². The molecular formula is C12H13NO4. The molecule has 0 radical (unpaired) electrons. The van der Waals surface area contributed by atoms with Gasteiger partial charge in [0.25, 0.3) is 0 Å². The number of cyclic esters (lactones) is 1. The van der Waals surface area contributed by atoms with Gasteiger partial charge in [-0.25, -0.2) is 4.79 Å². The molecule has 1 heterocycles. The van der Waals surface area contributed by atoms with E-state index in [-0.39, 0.29) is 6.42 Å². The Kier molecular flexibility index (Phi) is 3.27. The van der Waals surface area contributed by atoms with E-state index in [1.165, 1.54) is 4.90 Å². The predicted octanol–water partition coefficient (Wildman–Crippen LogP) is 1.65. The van der Waals surface area contributed by atoms with Crippen LogP contribution in [0.1, 0.15) is 18.0 Å². The number of rotatable bonds is 4. The molecule has 1 aliphatic rings. The Labute approximate surface area is 98.6 Å². The van der Waals surface area contributed by atoms with Crippen LogP contribution in [-0.2, 0) is 9.53 Å². The van der Waals surface area contributed by atoms with E-state index < -0.39 is 18.1 Å². The molecule has 0 aromatic heterocycles. The zero-order valence-corrected chi connectivity index (χ0v) is 9.20. The molecule has 0 saturated carbocycles. The number of ether oxygens (including phenoxy) is 1. The first kappa shape index (κ1) is 11.4. The quantitative estimate of drug-likeness (QED) is 0.861. The van der Waals surface area contributed by atoms with Gasteiger partial charge in [0.15, 0.2) is 0 Å². The van der Waals surface area contributed by atoms with Gasteiger partial charge in [0.1, 0.15) is 6.61 Å². The Morgan fingerprint density at radius 3 is 2.65 bits per heavy atom. The number of nitrogens with zero attached hydrogens (tertiary/aromatic N) is 1. The van der Waals surface area contributed by atoms with Gasteiger partial charge in [0.2, 0.25) is 0 Å². The smallest absolute Gasteiger partial charge is 0.410 e. The second-order valence-corrected chi connectivity index (χ2v) is 3.83. The van der Waals surface area contributed by atoms with Crippen molar-refractivity contribution in [2.45, 2.75) is 12.5 Å². The molecule has 1 amide bonds. The van der Waals surface area contributed by atoms with Crippen molar-refractivity contribution in [1.82, 2.24) is 4.90 Å². The highest BCUT2D eigenvalue weighted by Crippen LogP contribution is 2.26. The zero-order chi connectivity index (χ0) is 12.3. The minimum Gasteiger partial charge on any atom is -0.481 e. The van der Waals surface area contributed by atoms with E-state index in [1.54, 1.807) is 0 Å². The van der Waals surface area contributed by atoms with E-state index in [2.05, 4.69) is 0 Å². The summed E-state index contributed by atoms with van der Waals surface area (Å²) in [5, 5.41) is 8.91. The first-order chi connectivity index (χ1) is 8.18. The molecule has 0 bridgehead atoms. The number of carboxylic acid groups (broad SMARTS) is 1. The Morgan fingerprint density at radius 2 is 2.12 bits per heavy atom. The van der Waals surface area contributed by atoms with Crippen molar-refractivity contribution in [3.63, 3.8) is 0 Å². The maximum atomic E-state index is 11.5. The third kappa shape index (κ3) is 2.55. The number of amides is 1. The number of carbonyl (C=O) groups is 2. The van der Waals surface area contributed by atoms with Crippen LogP contribution in [0.3, 0.4) is 0 Å². The Hall–Kier alpha value is -2.04. The Morgan fingerprint density at radius 1 is 1.41 bits per heavy atom. The summed E-state index contributed by atoms with van der Waals surface area (Å²) in [6, 6.07) is 8.68. The van der Waals surface area contributed by atoms with Crippen LogP contribution in [0.4, 0.5) is 4.79 Å². The molecule has 1 aromatic rings. The number of hydrogen-bond acceptors (Lipinski definition) is 3. The van der Waals surface area contributed by atoms with E-state index in [0.29, 0.717) is 13.2 Å². The van der Waals surface area contributed by atoms with Crippen LogP contribution in [0, 0.1) is 0 Å². The molecule has 2 rings (SSSR count). The lowest BCUT2D eigenvalue weighted by Crippen LogP contribution is -2.31. The van der Waals surface area contributed by atoms with Gasteiger partial charge in [-0.05, 0) is 5.56 Å². The number of benzene rings is 1. The Bertz CT molecular complexity index is 418. The van der Waals surface area contributed by atoms with E-state index in [4.69, 9.17) is 9.84 Å². The highest BCUT2D eigenvalue weighted by Gasteiger charge is 2.32. The third-order valence-electron chi connectivity index (χ3n) is 2.72. The summed E-state index contributed by atoms with van der Waals surface area (Å²) in [5.41, 5.74) is 0.814. The van der Waals surface area contributed by atoms with Gasteiger partial charge in [-0.1, -0.05) is 30.3 Å². The van der Waals surface area contributed by atoms with Crippen molar-refractivity contribution >= 4 is 12.1 Å². The number of carboxylic acids is 1. The van der Waals surface area contributed by atoms with E-state index in [0.717, 1.165) is 5.56 Å². The molecule has 0 spiro atoms. The molecule has 17 heavy (non-hydrogen) atoms. The molecule has 5 heteroatoms. The minimum atomic E-state index is -0.932. The van der Waals surface area contributed by atoms with Gasteiger partial charge in [0, 0.05) is 0 Å². The molecule has 1 fully saturated rings. The standard InChI is InChI=1S/C12H13NO4/c14-11(15)8-10(9-4-2-1-3-5-9)13-6-7-17-12(13)16/h1-5,10H,6-8H2,(H,14,15). The van der Waals surface area contributed by atoms with Gasteiger partial charge in [0.05, 0.1) is 19.0 Å². The van der Waals surface area contributed by atoms with Crippen LogP contribution in [0.5, 0.6) is 0 Å². The molecule has 1 atom stereocenters. The molecular weight excluding hydrogens is 222 g/mol. The third-order valence-corrected chi connectivity index (χ3v) is 2.72. The van der Waals surface area contributed by atoms with Gasteiger partial charge >= 0.3 is 12.1 Å². The van der Waals surface area contributed by atoms with Gasteiger partial charge < -0.3 is 9.84 Å². The largest absolute Gasteiger partial charge is 0.481 e. The van der Waals surface area contributed by atoms with Gasteiger partial charge in [-0.2, -0.15) is 0 Å². The highest BCUT2D eigenvalue weighted by molar-refractivity contribution is 5.73. The lowest BCUT2D eigenvalue weighted by atomic mass is 10.0. The van der Waals surface area contributed by atoms with Gasteiger partial charge in [-0.15, -0.1) is 0 Å². The van der Waals surface area contributed by atoms with Crippen LogP contribution >= 0.6 is 0 Å². The minimum absolute atomic E-state index is 0.112. The molecule has 0 aliphatic carbocycles. The summed E-state index contributed by atoms with van der Waals surface area (Å²) >= 11 is 0. The highest BCUT2D eigenvalue weighted by atomic mass is 16.6. The van der Waals surface area contributed by atoms with Crippen molar-refractivity contribution in [3.8, 4) is 0 Å². The Balaban J connectivity index is 2.25.